The van der Waals surface area contributed by atoms with E-state index in [0.717, 1.165) is 42.9 Å². The summed E-state index contributed by atoms with van der Waals surface area (Å²) in [5.41, 5.74) is 2.32. The minimum atomic E-state index is -0.0896. The molecule has 4 rings (SSSR count). The van der Waals surface area contributed by atoms with Gasteiger partial charge in [0.1, 0.15) is 18.1 Å². The van der Waals surface area contributed by atoms with Crippen LogP contribution in [-0.4, -0.2) is 30.6 Å². The summed E-state index contributed by atoms with van der Waals surface area (Å²) < 4.78 is 11.4. The van der Waals surface area contributed by atoms with E-state index in [-0.39, 0.29) is 17.9 Å². The van der Waals surface area contributed by atoms with Crippen LogP contribution >= 0.6 is 0 Å². The van der Waals surface area contributed by atoms with Crippen molar-refractivity contribution in [3.8, 4) is 11.5 Å². The van der Waals surface area contributed by atoms with Crippen molar-refractivity contribution in [2.45, 2.75) is 32.2 Å². The number of hydrogen-bond donors (Lipinski definition) is 0. The molecule has 4 heteroatoms. The summed E-state index contributed by atoms with van der Waals surface area (Å²) in [6.07, 6.45) is 2.83. The van der Waals surface area contributed by atoms with Crippen molar-refractivity contribution in [1.29, 1.82) is 0 Å². The number of carbonyl (C=O) groups is 1. The van der Waals surface area contributed by atoms with E-state index in [1.807, 2.05) is 37.3 Å². The molecule has 0 spiro atoms. The number of hydrogen-bond acceptors (Lipinski definition) is 3. The molecule has 0 saturated carbocycles. The molecule has 1 saturated heterocycles. The van der Waals surface area contributed by atoms with Crippen LogP contribution in [-0.2, 0) is 11.2 Å². The minimum Gasteiger partial charge on any atom is -0.494 e. The van der Waals surface area contributed by atoms with E-state index >= 15 is 0 Å². The third-order valence-corrected chi connectivity index (χ3v) is 5.34. The van der Waals surface area contributed by atoms with E-state index in [1.165, 1.54) is 5.56 Å². The smallest absolute Gasteiger partial charge is 0.229 e. The van der Waals surface area contributed by atoms with Gasteiger partial charge in [0.2, 0.25) is 5.91 Å². The zero-order chi connectivity index (χ0) is 17.9. The lowest BCUT2D eigenvalue weighted by molar-refractivity contribution is -0.137. The molecular weight excluding hydrogens is 326 g/mol. The molecule has 2 aliphatic heterocycles. The van der Waals surface area contributed by atoms with E-state index in [0.29, 0.717) is 13.2 Å². The Hall–Kier alpha value is -2.49. The predicted molar refractivity (Wildman–Crippen MR) is 100 cm³/mol. The lowest BCUT2D eigenvalue weighted by Crippen LogP contribution is -2.40. The van der Waals surface area contributed by atoms with Gasteiger partial charge in [-0.1, -0.05) is 30.3 Å². The number of likely N-dealkylation sites (tertiary alicyclic amines) is 1. The second-order valence-corrected chi connectivity index (χ2v) is 7.01. The average Bonchev–Trinajstić information content (AvgIpc) is 3.17. The third-order valence-electron chi connectivity index (χ3n) is 5.34. The molecule has 136 valence electrons. The lowest BCUT2D eigenvalue weighted by atomic mass is 9.94. The Morgan fingerprint density at radius 3 is 2.81 bits per heavy atom. The van der Waals surface area contributed by atoms with Gasteiger partial charge in [0.05, 0.1) is 18.6 Å². The first kappa shape index (κ1) is 17.0. The summed E-state index contributed by atoms with van der Waals surface area (Å²) in [5, 5.41) is 0. The van der Waals surface area contributed by atoms with Crippen molar-refractivity contribution in [3.63, 3.8) is 0 Å². The average molecular weight is 351 g/mol. The first-order valence-corrected chi connectivity index (χ1v) is 9.50. The predicted octanol–water partition coefficient (Wildman–Crippen LogP) is 4.00. The maximum atomic E-state index is 13.2. The van der Waals surface area contributed by atoms with Gasteiger partial charge in [-0.15, -0.1) is 0 Å². The lowest BCUT2D eigenvalue weighted by Gasteiger charge is -2.31. The summed E-state index contributed by atoms with van der Waals surface area (Å²) in [7, 11) is 0. The maximum Gasteiger partial charge on any atom is 0.229 e. The number of rotatable bonds is 4. The maximum absolute atomic E-state index is 13.2. The fourth-order valence-corrected chi connectivity index (χ4v) is 4.05. The fourth-order valence-electron chi connectivity index (χ4n) is 4.05. The van der Waals surface area contributed by atoms with E-state index in [9.17, 15) is 4.79 Å². The quantitative estimate of drug-likeness (QED) is 0.836. The molecule has 2 unspecified atom stereocenters. The highest BCUT2D eigenvalue weighted by Crippen LogP contribution is 2.36. The van der Waals surface area contributed by atoms with E-state index in [4.69, 9.17) is 9.47 Å². The normalized spacial score (nSPS) is 21.8. The van der Waals surface area contributed by atoms with Gasteiger partial charge in [-0.05, 0) is 55.5 Å². The fraction of sp³-hybridized carbons (Fsp3) is 0.409. The van der Waals surface area contributed by atoms with Gasteiger partial charge in [-0.2, -0.15) is 0 Å². The molecule has 26 heavy (non-hydrogen) atoms. The molecule has 0 radical (unpaired) electrons. The number of nitrogens with zero attached hydrogens (tertiary/aromatic N) is 1. The number of ether oxygens (including phenoxy) is 2. The molecule has 0 aliphatic carbocycles. The van der Waals surface area contributed by atoms with Crippen molar-refractivity contribution < 1.29 is 14.3 Å². The molecule has 1 amide bonds. The number of fused-ring (bicyclic) bond motifs is 1. The Morgan fingerprint density at radius 2 is 2.00 bits per heavy atom. The largest absolute Gasteiger partial charge is 0.494 e. The number of para-hydroxylation sites is 1. The summed E-state index contributed by atoms with van der Waals surface area (Å²) >= 11 is 0. The van der Waals surface area contributed by atoms with Crippen LogP contribution in [0.2, 0.25) is 0 Å². The van der Waals surface area contributed by atoms with Crippen molar-refractivity contribution in [2.24, 2.45) is 5.92 Å². The monoisotopic (exact) mass is 351 g/mol. The standard InChI is InChI=1S/C22H25NO3/c1-2-25-19-11-9-16(10-12-19)20-7-5-13-23(20)22(24)18-14-17-6-3-4-8-21(17)26-15-18/h3-4,6,8-12,18,20H,2,5,7,13-15H2,1H3. The van der Waals surface area contributed by atoms with Crippen molar-refractivity contribution in [1.82, 2.24) is 4.90 Å². The van der Waals surface area contributed by atoms with Gasteiger partial charge in [0.25, 0.3) is 0 Å². The SMILES string of the molecule is CCOc1ccc(C2CCCN2C(=O)C2COc3ccccc3C2)cc1. The molecule has 2 heterocycles. The van der Waals surface area contributed by atoms with Gasteiger partial charge >= 0.3 is 0 Å². The first-order chi connectivity index (χ1) is 12.8. The van der Waals surface area contributed by atoms with Gasteiger partial charge < -0.3 is 14.4 Å². The van der Waals surface area contributed by atoms with E-state index < -0.39 is 0 Å². The van der Waals surface area contributed by atoms with Crippen LogP contribution in [0.1, 0.15) is 36.9 Å². The third kappa shape index (κ3) is 3.28. The molecule has 2 aromatic carbocycles. The van der Waals surface area contributed by atoms with E-state index in [2.05, 4.69) is 23.1 Å². The summed E-state index contributed by atoms with van der Waals surface area (Å²) in [6.45, 7) is 3.95. The van der Waals surface area contributed by atoms with Crippen LogP contribution in [0.3, 0.4) is 0 Å². The van der Waals surface area contributed by atoms with Crippen molar-refractivity contribution in [3.05, 3.63) is 59.7 Å². The second-order valence-electron chi connectivity index (χ2n) is 7.01. The number of benzene rings is 2. The van der Waals surface area contributed by atoms with Crippen LogP contribution in [0.5, 0.6) is 11.5 Å². The second kappa shape index (κ2) is 7.40. The Morgan fingerprint density at radius 1 is 1.19 bits per heavy atom. The highest BCUT2D eigenvalue weighted by molar-refractivity contribution is 5.80. The van der Waals surface area contributed by atoms with Crippen molar-refractivity contribution >= 4 is 5.91 Å². The molecule has 2 aromatic rings. The Bertz CT molecular complexity index is 771. The molecule has 4 nitrogen and oxygen atoms in total. The molecular formula is C22H25NO3. The van der Waals surface area contributed by atoms with Crippen molar-refractivity contribution in [2.75, 3.05) is 19.8 Å². The first-order valence-electron chi connectivity index (χ1n) is 9.50. The Labute approximate surface area is 154 Å². The Balaban J connectivity index is 1.49. The molecule has 0 N–H and O–H groups in total. The zero-order valence-corrected chi connectivity index (χ0v) is 15.2. The van der Waals surface area contributed by atoms with Crippen LogP contribution in [0.25, 0.3) is 0 Å². The van der Waals surface area contributed by atoms with Gasteiger partial charge in [-0.25, -0.2) is 0 Å². The summed E-state index contributed by atoms with van der Waals surface area (Å²) in [5.74, 6) is 1.93. The van der Waals surface area contributed by atoms with Gasteiger partial charge in [0.15, 0.2) is 0 Å². The molecule has 2 atom stereocenters. The van der Waals surface area contributed by atoms with Crippen LogP contribution in [0.15, 0.2) is 48.5 Å². The van der Waals surface area contributed by atoms with Crippen LogP contribution in [0, 0.1) is 5.92 Å². The zero-order valence-electron chi connectivity index (χ0n) is 15.2. The van der Waals surface area contributed by atoms with Crippen LogP contribution in [0.4, 0.5) is 0 Å². The molecule has 0 bridgehead atoms. The highest BCUT2D eigenvalue weighted by Gasteiger charge is 2.36. The summed E-state index contributed by atoms with van der Waals surface area (Å²) in [6, 6.07) is 16.4. The van der Waals surface area contributed by atoms with Gasteiger partial charge in [0, 0.05) is 6.54 Å². The molecule has 2 aliphatic rings. The van der Waals surface area contributed by atoms with Crippen LogP contribution < -0.4 is 9.47 Å². The summed E-state index contributed by atoms with van der Waals surface area (Å²) in [4.78, 5) is 15.2. The molecule has 1 fully saturated rings. The molecule has 0 aromatic heterocycles. The van der Waals surface area contributed by atoms with Gasteiger partial charge in [-0.3, -0.25) is 4.79 Å². The minimum absolute atomic E-state index is 0.0896. The number of carbonyl (C=O) groups excluding carboxylic acids is 1. The van der Waals surface area contributed by atoms with E-state index in [1.54, 1.807) is 0 Å². The number of amides is 1. The Kier molecular flexibility index (Phi) is 4.83. The topological polar surface area (TPSA) is 38.8 Å². The highest BCUT2D eigenvalue weighted by atomic mass is 16.5.